The van der Waals surface area contributed by atoms with Crippen molar-refractivity contribution in [2.24, 2.45) is 40.5 Å². The Balaban J connectivity index is 1.70. The van der Waals surface area contributed by atoms with Gasteiger partial charge in [-0.25, -0.2) is 4.79 Å². The number of thioether (sulfide) groups is 1. The molecule has 9 atom stereocenters. The number of rotatable bonds is 23. The number of hydrogen-bond acceptors (Lipinski definition) is 11. The minimum absolute atomic E-state index is 0.00120. The van der Waals surface area contributed by atoms with Gasteiger partial charge < -0.3 is 29.1 Å². The molecule has 13 heteroatoms. The highest BCUT2D eigenvalue weighted by molar-refractivity contribution is 8.14. The van der Waals surface area contributed by atoms with Crippen molar-refractivity contribution in [1.82, 2.24) is 9.80 Å². The molecule has 1 fully saturated rings. The lowest BCUT2D eigenvalue weighted by Crippen LogP contribution is -2.49. The Morgan fingerprint density at radius 3 is 2.20 bits per heavy atom. The molecule has 1 aromatic carbocycles. The molecule has 0 saturated carbocycles. The van der Waals surface area contributed by atoms with Crippen molar-refractivity contribution in [2.75, 3.05) is 40.1 Å². The summed E-state index contributed by atoms with van der Waals surface area (Å²) < 4.78 is 17.7. The van der Waals surface area contributed by atoms with Crippen molar-refractivity contribution >= 4 is 46.2 Å². The van der Waals surface area contributed by atoms with Crippen LogP contribution in [-0.4, -0.2) is 125 Å². The summed E-state index contributed by atoms with van der Waals surface area (Å²) in [6, 6.07) is 8.85. The van der Waals surface area contributed by atoms with E-state index in [9.17, 15) is 29.1 Å². The number of Topliss-reactive ketones (excluding diaryl/α,β-unsaturated/α-hetero) is 2. The van der Waals surface area contributed by atoms with Gasteiger partial charge in [0.1, 0.15) is 11.7 Å². The van der Waals surface area contributed by atoms with Crippen LogP contribution in [0.2, 0.25) is 0 Å². The van der Waals surface area contributed by atoms with Gasteiger partial charge in [0, 0.05) is 70.5 Å². The molecule has 0 spiro atoms. The fraction of sp³-hybridized carbons (Fsp3) is 0.702. The van der Waals surface area contributed by atoms with E-state index in [1.165, 1.54) is 18.1 Å². The molecule has 1 N–H and O–H groups in total. The highest BCUT2D eigenvalue weighted by Crippen LogP contribution is 2.35. The van der Waals surface area contributed by atoms with Crippen LogP contribution in [0.1, 0.15) is 100.0 Å². The fourth-order valence-electron chi connectivity index (χ4n) is 8.32. The number of carbonyl (C=O) groups is 5. The van der Waals surface area contributed by atoms with Gasteiger partial charge in [-0.15, -0.1) is 11.8 Å². The van der Waals surface area contributed by atoms with Gasteiger partial charge in [0.05, 0.1) is 35.9 Å². The number of likely N-dealkylation sites (N-methyl/N-ethyl adjacent to an activating group) is 2. The molecular formula is C47H73N3O9S. The van der Waals surface area contributed by atoms with E-state index in [1.807, 2.05) is 59.7 Å². The molecule has 2 unspecified atom stereocenters. The Hall–Kier alpha value is -3.39. The number of ketones is 3. The maximum absolute atomic E-state index is 14.2. The third-order valence-electron chi connectivity index (χ3n) is 11.8. The molecule has 60 heavy (non-hydrogen) atoms. The molecule has 0 aromatic heterocycles. The normalized spacial score (nSPS) is 22.0. The summed E-state index contributed by atoms with van der Waals surface area (Å²) in [6.45, 7) is 17.4. The number of methoxy groups -OCH3 is 1. The highest BCUT2D eigenvalue weighted by atomic mass is 32.2. The SMILES string of the molecule is CC[C@H](C)C(/C=C/C(=O)CCC1O[C@@H](C(=O)C[C@@H](Cc2ccccc2)C2=NCCS2)[C@@H](OC)[C@@H]1CO)N(C)C(=O)[C@@H](CC(=O)[C@H](C(C)C)N(C)C(=O)OC(C)(C)C)C(C)C. The van der Waals surface area contributed by atoms with Crippen LogP contribution in [0.3, 0.4) is 0 Å². The number of benzene rings is 1. The van der Waals surface area contributed by atoms with E-state index in [2.05, 4.69) is 12.1 Å². The van der Waals surface area contributed by atoms with Crippen LogP contribution in [0.4, 0.5) is 4.79 Å². The van der Waals surface area contributed by atoms with E-state index < -0.39 is 53.9 Å². The summed E-state index contributed by atoms with van der Waals surface area (Å²) >= 11 is 1.69. The van der Waals surface area contributed by atoms with E-state index in [1.54, 1.807) is 57.6 Å². The van der Waals surface area contributed by atoms with Crippen molar-refractivity contribution in [1.29, 1.82) is 0 Å². The van der Waals surface area contributed by atoms with Crippen LogP contribution < -0.4 is 0 Å². The van der Waals surface area contributed by atoms with Crippen molar-refractivity contribution in [3.63, 3.8) is 0 Å². The van der Waals surface area contributed by atoms with Crippen molar-refractivity contribution in [3.8, 4) is 0 Å². The number of ether oxygens (including phenoxy) is 3. The van der Waals surface area contributed by atoms with Gasteiger partial charge in [0.2, 0.25) is 5.91 Å². The van der Waals surface area contributed by atoms with E-state index in [4.69, 9.17) is 19.2 Å². The molecule has 3 rings (SSSR count). The Bertz CT molecular complexity index is 1640. The van der Waals surface area contributed by atoms with Crippen LogP contribution >= 0.6 is 11.8 Å². The summed E-state index contributed by atoms with van der Waals surface area (Å²) in [7, 11) is 4.79. The van der Waals surface area contributed by atoms with E-state index >= 15 is 0 Å². The van der Waals surface area contributed by atoms with Crippen LogP contribution in [0, 0.1) is 35.5 Å². The first-order chi connectivity index (χ1) is 28.2. The summed E-state index contributed by atoms with van der Waals surface area (Å²) in [5.74, 6) is -1.41. The van der Waals surface area contributed by atoms with Crippen LogP contribution in [0.25, 0.3) is 0 Å². The lowest BCUT2D eigenvalue weighted by molar-refractivity contribution is -0.141. The summed E-state index contributed by atoms with van der Waals surface area (Å²) in [4.78, 5) is 76.1. The zero-order valence-corrected chi connectivity index (χ0v) is 39.0. The summed E-state index contributed by atoms with van der Waals surface area (Å²) in [6.07, 6.45) is 2.56. The molecule has 0 bridgehead atoms. The molecular weight excluding hydrogens is 783 g/mol. The molecule has 0 aliphatic carbocycles. The first-order valence-corrected chi connectivity index (χ1v) is 22.7. The second kappa shape index (κ2) is 23.7. The van der Waals surface area contributed by atoms with E-state index in [0.29, 0.717) is 6.42 Å². The predicted octanol–water partition coefficient (Wildman–Crippen LogP) is 7.24. The van der Waals surface area contributed by atoms with Gasteiger partial charge in [-0.1, -0.05) is 84.4 Å². The lowest BCUT2D eigenvalue weighted by atomic mass is 9.84. The van der Waals surface area contributed by atoms with Crippen LogP contribution in [0.15, 0.2) is 47.5 Å². The third kappa shape index (κ3) is 14.3. The molecule has 2 aliphatic heterocycles. The van der Waals surface area contributed by atoms with Gasteiger partial charge in [-0.3, -0.25) is 24.2 Å². The molecule has 2 amide bonds. The largest absolute Gasteiger partial charge is 0.444 e. The van der Waals surface area contributed by atoms with Crippen LogP contribution in [-0.2, 0) is 39.8 Å². The van der Waals surface area contributed by atoms with E-state index in [0.717, 1.165) is 29.3 Å². The number of allylic oxidation sites excluding steroid dienone is 1. The quantitative estimate of drug-likeness (QED) is 0.112. The zero-order valence-electron chi connectivity index (χ0n) is 38.2. The Morgan fingerprint density at radius 2 is 1.67 bits per heavy atom. The molecule has 1 saturated heterocycles. The van der Waals surface area contributed by atoms with Crippen LogP contribution in [0.5, 0.6) is 0 Å². The molecule has 336 valence electrons. The van der Waals surface area contributed by atoms with Gasteiger partial charge in [0.25, 0.3) is 0 Å². The molecule has 2 heterocycles. The highest BCUT2D eigenvalue weighted by Gasteiger charge is 2.48. The maximum Gasteiger partial charge on any atom is 0.410 e. The lowest BCUT2D eigenvalue weighted by Gasteiger charge is -2.36. The van der Waals surface area contributed by atoms with Crippen molar-refractivity contribution in [2.45, 2.75) is 137 Å². The number of carbonyl (C=O) groups excluding carboxylic acids is 5. The maximum atomic E-state index is 14.2. The minimum atomic E-state index is -0.878. The number of hydrogen-bond donors (Lipinski definition) is 1. The monoisotopic (exact) mass is 856 g/mol. The summed E-state index contributed by atoms with van der Waals surface area (Å²) in [5, 5.41) is 11.4. The average molecular weight is 856 g/mol. The average Bonchev–Trinajstić information content (AvgIpc) is 3.86. The topological polar surface area (TPSA) is 152 Å². The Morgan fingerprint density at radius 1 is 1.00 bits per heavy atom. The number of nitrogens with zero attached hydrogens (tertiary/aromatic N) is 3. The van der Waals surface area contributed by atoms with E-state index in [-0.39, 0.29) is 79.2 Å². The fourth-order valence-corrected chi connectivity index (χ4v) is 9.30. The van der Waals surface area contributed by atoms with Gasteiger partial charge in [-0.05, 0) is 63.0 Å². The smallest absolute Gasteiger partial charge is 0.410 e. The second-order valence-corrected chi connectivity index (χ2v) is 19.4. The number of aliphatic imine (C=N–C) groups is 1. The van der Waals surface area contributed by atoms with Gasteiger partial charge in [-0.2, -0.15) is 0 Å². The Kier molecular flexibility index (Phi) is 20.2. The molecule has 0 radical (unpaired) electrons. The molecule has 1 aromatic rings. The zero-order chi connectivity index (χ0) is 44.9. The standard InChI is InChI=1S/C47H73N3O9S/c1-13-31(6)37(49(10)45(55)35(29(2)3)27-38(53)41(30(4)5)50(11)46(56)59-47(7,8)9)21-19-34(52)20-22-40-36(28-51)42(57-12)43(58-40)39(54)26-33(44-48-23-24-60-44)25-32-17-15-14-16-18-32/h14-19,21,29-31,33,35-37,40-43,51H,13,20,22-28H2,1-12H3/b21-19+/t31-,33+,35-,36+,37?,40?,41-,42-,43-/m0/s1. The number of aliphatic hydroxyl groups is 1. The first kappa shape index (κ1) is 51.0. The number of amides is 2. The minimum Gasteiger partial charge on any atom is -0.444 e. The van der Waals surface area contributed by atoms with Crippen molar-refractivity contribution < 1.29 is 43.3 Å². The van der Waals surface area contributed by atoms with Crippen molar-refractivity contribution in [3.05, 3.63) is 48.0 Å². The summed E-state index contributed by atoms with van der Waals surface area (Å²) in [5.41, 5.74) is 0.398. The second-order valence-electron chi connectivity index (χ2n) is 18.3. The molecule has 12 nitrogen and oxygen atoms in total. The number of aliphatic hydroxyl groups excluding tert-OH is 1. The third-order valence-corrected chi connectivity index (χ3v) is 13.0. The Labute approximate surface area is 363 Å². The first-order valence-electron chi connectivity index (χ1n) is 21.7. The molecule has 2 aliphatic rings. The van der Waals surface area contributed by atoms with Gasteiger partial charge in [0.15, 0.2) is 17.3 Å². The van der Waals surface area contributed by atoms with Gasteiger partial charge >= 0.3 is 6.09 Å². The predicted molar refractivity (Wildman–Crippen MR) is 238 cm³/mol.